The highest BCUT2D eigenvalue weighted by molar-refractivity contribution is 7.98. The molecule has 0 fully saturated rings. The van der Waals surface area contributed by atoms with Crippen molar-refractivity contribution >= 4 is 11.8 Å². The van der Waals surface area contributed by atoms with E-state index < -0.39 is 0 Å². The molecular weight excluding hydrogens is 142 g/mol. The normalized spacial score (nSPS) is 13.0. The maximum Gasteiger partial charge on any atom is 0.0311 e. The van der Waals surface area contributed by atoms with E-state index in [0.29, 0.717) is 5.25 Å². The molecule has 0 saturated carbocycles. The first-order chi connectivity index (χ1) is 4.84. The molecule has 0 aliphatic rings. The fourth-order valence-electron chi connectivity index (χ4n) is 0.753. The number of hydrogen-bond donors (Lipinski definition) is 0. The number of aromatic nitrogens is 1. The minimum absolute atomic E-state index is 0.564. The van der Waals surface area contributed by atoms with Crippen molar-refractivity contribution in [3.05, 3.63) is 30.1 Å². The average molecular weight is 153 g/mol. The van der Waals surface area contributed by atoms with Crippen molar-refractivity contribution in [3.63, 3.8) is 0 Å². The van der Waals surface area contributed by atoms with Gasteiger partial charge in [0.2, 0.25) is 0 Å². The second kappa shape index (κ2) is 3.62. The van der Waals surface area contributed by atoms with Crippen LogP contribution in [0.2, 0.25) is 0 Å². The van der Waals surface area contributed by atoms with Crippen molar-refractivity contribution < 1.29 is 0 Å². The van der Waals surface area contributed by atoms with Gasteiger partial charge in [0, 0.05) is 17.6 Å². The Morgan fingerprint density at radius 3 is 2.90 bits per heavy atom. The zero-order chi connectivity index (χ0) is 7.40. The van der Waals surface area contributed by atoms with Crippen LogP contribution in [0.3, 0.4) is 0 Å². The van der Waals surface area contributed by atoms with E-state index in [2.05, 4.69) is 24.2 Å². The molecule has 10 heavy (non-hydrogen) atoms. The van der Waals surface area contributed by atoms with E-state index in [-0.39, 0.29) is 0 Å². The Bertz CT molecular complexity index is 186. The van der Waals surface area contributed by atoms with E-state index >= 15 is 0 Å². The van der Waals surface area contributed by atoms with Gasteiger partial charge in [-0.15, -0.1) is 0 Å². The van der Waals surface area contributed by atoms with Crippen LogP contribution in [0.25, 0.3) is 0 Å². The minimum Gasteiger partial charge on any atom is -0.264 e. The van der Waals surface area contributed by atoms with Gasteiger partial charge in [0.1, 0.15) is 0 Å². The van der Waals surface area contributed by atoms with Crippen molar-refractivity contribution in [2.45, 2.75) is 12.2 Å². The Balaban J connectivity index is 2.75. The van der Waals surface area contributed by atoms with Gasteiger partial charge in [-0.1, -0.05) is 6.07 Å². The molecule has 1 atom stereocenters. The number of nitrogens with zero attached hydrogens (tertiary/aromatic N) is 1. The quantitative estimate of drug-likeness (QED) is 0.647. The molecule has 0 bridgehead atoms. The molecule has 1 unspecified atom stereocenters. The molecule has 0 amide bonds. The van der Waals surface area contributed by atoms with Crippen LogP contribution in [-0.2, 0) is 0 Å². The number of pyridine rings is 1. The molecule has 1 nitrogen and oxygen atoms in total. The Hall–Kier alpha value is -0.500. The standard InChI is InChI=1S/C8H11NS/c1-7(10-2)8-4-3-5-9-6-8/h3-7H,1-2H3. The second-order valence-corrected chi connectivity index (χ2v) is 3.34. The summed E-state index contributed by atoms with van der Waals surface area (Å²) in [6.07, 6.45) is 5.83. The highest BCUT2D eigenvalue weighted by Gasteiger charge is 2.00. The zero-order valence-electron chi connectivity index (χ0n) is 6.24. The lowest BCUT2D eigenvalue weighted by atomic mass is 10.2. The summed E-state index contributed by atoms with van der Waals surface area (Å²) in [4.78, 5) is 4.04. The molecule has 0 saturated heterocycles. The summed E-state index contributed by atoms with van der Waals surface area (Å²) in [5.74, 6) is 0. The fourth-order valence-corrected chi connectivity index (χ4v) is 1.16. The predicted molar refractivity (Wildman–Crippen MR) is 46.2 cm³/mol. The maximum absolute atomic E-state index is 4.04. The van der Waals surface area contributed by atoms with Gasteiger partial charge in [-0.2, -0.15) is 11.8 Å². The second-order valence-electron chi connectivity index (χ2n) is 2.16. The molecule has 1 heterocycles. The highest BCUT2D eigenvalue weighted by atomic mass is 32.2. The van der Waals surface area contributed by atoms with E-state index in [4.69, 9.17) is 0 Å². The molecule has 1 aromatic heterocycles. The third kappa shape index (κ3) is 1.74. The monoisotopic (exact) mass is 153 g/mol. The van der Waals surface area contributed by atoms with Crippen LogP contribution in [0.4, 0.5) is 0 Å². The fraction of sp³-hybridized carbons (Fsp3) is 0.375. The number of hydrogen-bond acceptors (Lipinski definition) is 2. The molecule has 0 N–H and O–H groups in total. The molecule has 0 radical (unpaired) electrons. The molecule has 0 aliphatic heterocycles. The molecule has 0 aromatic carbocycles. The van der Waals surface area contributed by atoms with Crippen LogP contribution in [0.5, 0.6) is 0 Å². The summed E-state index contributed by atoms with van der Waals surface area (Å²) in [6, 6.07) is 4.08. The molecule has 54 valence electrons. The van der Waals surface area contributed by atoms with Crippen molar-refractivity contribution in [3.8, 4) is 0 Å². The Morgan fingerprint density at radius 1 is 1.60 bits per heavy atom. The Morgan fingerprint density at radius 2 is 2.40 bits per heavy atom. The summed E-state index contributed by atoms with van der Waals surface area (Å²) < 4.78 is 0. The van der Waals surface area contributed by atoms with Gasteiger partial charge in [0.25, 0.3) is 0 Å². The summed E-state index contributed by atoms with van der Waals surface area (Å²) in [5, 5.41) is 0.564. The van der Waals surface area contributed by atoms with Crippen molar-refractivity contribution in [1.29, 1.82) is 0 Å². The SMILES string of the molecule is CSC(C)c1cccnc1. The van der Waals surface area contributed by atoms with Crippen LogP contribution in [0, 0.1) is 0 Å². The van der Waals surface area contributed by atoms with Gasteiger partial charge in [-0.25, -0.2) is 0 Å². The summed E-state index contributed by atoms with van der Waals surface area (Å²) >= 11 is 1.84. The lowest BCUT2D eigenvalue weighted by molar-refractivity contribution is 1.07. The Kier molecular flexibility index (Phi) is 2.75. The maximum atomic E-state index is 4.04. The topological polar surface area (TPSA) is 12.9 Å². The van der Waals surface area contributed by atoms with Gasteiger partial charge >= 0.3 is 0 Å². The summed E-state index contributed by atoms with van der Waals surface area (Å²) in [7, 11) is 0. The zero-order valence-corrected chi connectivity index (χ0v) is 7.06. The predicted octanol–water partition coefficient (Wildman–Crippen LogP) is 2.51. The Labute approximate surface area is 65.9 Å². The van der Waals surface area contributed by atoms with Crippen molar-refractivity contribution in [2.24, 2.45) is 0 Å². The summed E-state index contributed by atoms with van der Waals surface area (Å²) in [5.41, 5.74) is 1.30. The van der Waals surface area contributed by atoms with Gasteiger partial charge < -0.3 is 0 Å². The van der Waals surface area contributed by atoms with Crippen LogP contribution in [0.15, 0.2) is 24.5 Å². The molecule has 1 aromatic rings. The highest BCUT2D eigenvalue weighted by Crippen LogP contribution is 2.23. The minimum atomic E-state index is 0.564. The molecule has 2 heteroatoms. The van der Waals surface area contributed by atoms with Crippen LogP contribution in [0.1, 0.15) is 17.7 Å². The number of thioether (sulfide) groups is 1. The largest absolute Gasteiger partial charge is 0.264 e. The first-order valence-electron chi connectivity index (χ1n) is 3.27. The lowest BCUT2D eigenvalue weighted by Gasteiger charge is -2.05. The first-order valence-corrected chi connectivity index (χ1v) is 4.56. The lowest BCUT2D eigenvalue weighted by Crippen LogP contribution is -1.86. The van der Waals surface area contributed by atoms with E-state index in [0.717, 1.165) is 0 Å². The van der Waals surface area contributed by atoms with Crippen LogP contribution in [-0.4, -0.2) is 11.2 Å². The van der Waals surface area contributed by atoms with E-state index in [9.17, 15) is 0 Å². The third-order valence-corrected chi connectivity index (χ3v) is 2.49. The summed E-state index contributed by atoms with van der Waals surface area (Å²) in [6.45, 7) is 2.18. The van der Waals surface area contributed by atoms with Gasteiger partial charge in [0.15, 0.2) is 0 Å². The van der Waals surface area contributed by atoms with Crippen LogP contribution < -0.4 is 0 Å². The smallest absolute Gasteiger partial charge is 0.0311 e. The molecule has 0 spiro atoms. The molecule has 1 rings (SSSR count). The number of rotatable bonds is 2. The van der Waals surface area contributed by atoms with E-state index in [1.165, 1.54) is 5.56 Å². The average Bonchev–Trinajstić information content (AvgIpc) is 2.05. The molecule has 0 aliphatic carbocycles. The molecular formula is C8H11NS. The van der Waals surface area contributed by atoms with Crippen molar-refractivity contribution in [2.75, 3.05) is 6.26 Å². The third-order valence-electron chi connectivity index (χ3n) is 1.51. The first kappa shape index (κ1) is 7.61. The van der Waals surface area contributed by atoms with Gasteiger partial charge in [-0.05, 0) is 24.8 Å². The van der Waals surface area contributed by atoms with Crippen LogP contribution >= 0.6 is 11.8 Å². The van der Waals surface area contributed by atoms with Gasteiger partial charge in [0.05, 0.1) is 0 Å². The van der Waals surface area contributed by atoms with Gasteiger partial charge in [-0.3, -0.25) is 4.98 Å². The van der Waals surface area contributed by atoms with Crippen molar-refractivity contribution in [1.82, 2.24) is 4.98 Å². The van der Waals surface area contributed by atoms with E-state index in [1.807, 2.05) is 24.0 Å². The van der Waals surface area contributed by atoms with E-state index in [1.54, 1.807) is 6.20 Å².